The maximum atomic E-state index is 13.6. The SMILES string of the molecule is CC(N=C=O)c1ccc2c(c1)CCc1cc(C(C)N=C=O)ccc1C2(CCN)c1nnc(-c2ccc(F)cc2)o1. The van der Waals surface area contributed by atoms with Crippen molar-refractivity contribution >= 4 is 12.2 Å². The maximum absolute atomic E-state index is 13.6. The zero-order valence-corrected chi connectivity index (χ0v) is 22.2. The average molecular weight is 538 g/mol. The third-order valence-corrected chi connectivity index (χ3v) is 7.70. The molecule has 0 bridgehead atoms. The van der Waals surface area contributed by atoms with E-state index in [0.29, 0.717) is 37.3 Å². The van der Waals surface area contributed by atoms with Crippen LogP contribution in [-0.4, -0.2) is 28.9 Å². The van der Waals surface area contributed by atoms with Crippen LogP contribution in [0.3, 0.4) is 0 Å². The molecule has 8 nitrogen and oxygen atoms in total. The third-order valence-electron chi connectivity index (χ3n) is 7.70. The molecule has 4 aromatic rings. The lowest BCUT2D eigenvalue weighted by atomic mass is 9.69. The number of aromatic nitrogens is 2. The van der Waals surface area contributed by atoms with Crippen molar-refractivity contribution in [2.24, 2.45) is 15.7 Å². The molecule has 0 saturated carbocycles. The molecule has 2 N–H and O–H groups in total. The molecule has 0 spiro atoms. The van der Waals surface area contributed by atoms with E-state index >= 15 is 0 Å². The van der Waals surface area contributed by atoms with Gasteiger partial charge < -0.3 is 10.2 Å². The van der Waals surface area contributed by atoms with Crippen molar-refractivity contribution in [3.8, 4) is 11.5 Å². The van der Waals surface area contributed by atoms with E-state index in [2.05, 4.69) is 32.3 Å². The van der Waals surface area contributed by atoms with E-state index in [9.17, 15) is 14.0 Å². The van der Waals surface area contributed by atoms with Gasteiger partial charge in [-0.1, -0.05) is 36.4 Å². The summed E-state index contributed by atoms with van der Waals surface area (Å²) >= 11 is 0. The molecule has 0 aliphatic heterocycles. The van der Waals surface area contributed by atoms with Gasteiger partial charge in [0.1, 0.15) is 11.2 Å². The Labute approximate surface area is 230 Å². The van der Waals surface area contributed by atoms with Crippen LogP contribution < -0.4 is 5.73 Å². The number of hydrogen-bond donors (Lipinski definition) is 1. The molecule has 1 aromatic heterocycles. The normalized spacial score (nSPS) is 17.4. The molecule has 2 atom stereocenters. The Balaban J connectivity index is 1.76. The predicted molar refractivity (Wildman–Crippen MR) is 147 cm³/mol. The number of halogens is 1. The van der Waals surface area contributed by atoms with Crippen molar-refractivity contribution in [3.63, 3.8) is 0 Å². The number of nitrogens with zero attached hydrogens (tertiary/aromatic N) is 4. The molecule has 1 aliphatic carbocycles. The number of aryl methyl sites for hydroxylation is 2. The largest absolute Gasteiger partial charge is 0.419 e. The Kier molecular flexibility index (Phi) is 7.63. The number of benzene rings is 3. The molecule has 0 fully saturated rings. The molecular formula is C31H28FN5O3. The zero-order valence-electron chi connectivity index (χ0n) is 22.2. The van der Waals surface area contributed by atoms with E-state index in [0.717, 1.165) is 33.4 Å². The van der Waals surface area contributed by atoms with Gasteiger partial charge in [-0.15, -0.1) is 10.2 Å². The lowest BCUT2D eigenvalue weighted by molar-refractivity contribution is 0.402. The van der Waals surface area contributed by atoms with Crippen LogP contribution in [0.4, 0.5) is 4.39 Å². The van der Waals surface area contributed by atoms with Crippen molar-refractivity contribution in [3.05, 3.63) is 106 Å². The molecule has 0 radical (unpaired) electrons. The Hall–Kier alpha value is -4.55. The standard InChI is InChI=1S/C31H28FN5O3/c1-19(34-17-38)22-7-11-27-24(15-22)3-4-25-16-23(20(2)35-18-39)8-12-28(25)31(27,13-14-33)30-37-36-29(40-30)21-5-9-26(32)10-6-21/h5-12,15-16,19-20H,3-4,13-14,33H2,1-2H3. The van der Waals surface area contributed by atoms with Gasteiger partial charge >= 0.3 is 0 Å². The lowest BCUT2D eigenvalue weighted by Crippen LogP contribution is -2.34. The lowest BCUT2D eigenvalue weighted by Gasteiger charge is -2.33. The van der Waals surface area contributed by atoms with Gasteiger partial charge in [-0.2, -0.15) is 9.98 Å². The molecule has 202 valence electrons. The van der Waals surface area contributed by atoms with Crippen LogP contribution in [0.2, 0.25) is 0 Å². The van der Waals surface area contributed by atoms with Crippen LogP contribution >= 0.6 is 0 Å². The van der Waals surface area contributed by atoms with Gasteiger partial charge in [0.05, 0.1) is 12.1 Å². The van der Waals surface area contributed by atoms with Crippen LogP contribution in [0.25, 0.3) is 11.5 Å². The van der Waals surface area contributed by atoms with Crippen molar-refractivity contribution < 1.29 is 18.4 Å². The van der Waals surface area contributed by atoms with E-state index in [4.69, 9.17) is 10.2 Å². The summed E-state index contributed by atoms with van der Waals surface area (Å²) in [7, 11) is 0. The number of isocyanates is 2. The minimum Gasteiger partial charge on any atom is -0.419 e. The van der Waals surface area contributed by atoms with Gasteiger partial charge in [0.15, 0.2) is 0 Å². The van der Waals surface area contributed by atoms with E-state index in [1.165, 1.54) is 12.1 Å². The second kappa shape index (κ2) is 11.3. The molecule has 40 heavy (non-hydrogen) atoms. The molecule has 3 aromatic carbocycles. The van der Waals surface area contributed by atoms with Crippen molar-refractivity contribution in [2.75, 3.05) is 6.54 Å². The first-order valence-corrected chi connectivity index (χ1v) is 13.1. The van der Waals surface area contributed by atoms with Crippen LogP contribution in [0, 0.1) is 5.82 Å². The first-order chi connectivity index (χ1) is 19.4. The third kappa shape index (κ3) is 4.82. The van der Waals surface area contributed by atoms with E-state index < -0.39 is 5.41 Å². The van der Waals surface area contributed by atoms with Gasteiger partial charge in [-0.3, -0.25) is 0 Å². The summed E-state index contributed by atoms with van der Waals surface area (Å²) in [6.07, 6.45) is 5.18. The van der Waals surface area contributed by atoms with E-state index in [-0.39, 0.29) is 23.8 Å². The average Bonchev–Trinajstić information content (AvgIpc) is 3.41. The zero-order chi connectivity index (χ0) is 28.3. The molecule has 1 aliphatic rings. The summed E-state index contributed by atoms with van der Waals surface area (Å²) in [6, 6.07) is 17.3. The highest BCUT2D eigenvalue weighted by Gasteiger charge is 2.45. The van der Waals surface area contributed by atoms with Gasteiger partial charge in [-0.05, 0) is 97.3 Å². The number of aliphatic imine (C=N–C) groups is 2. The van der Waals surface area contributed by atoms with Crippen molar-refractivity contribution in [2.45, 2.75) is 50.6 Å². The Bertz CT molecular complexity index is 1560. The molecule has 0 saturated heterocycles. The Morgan fingerprint density at radius 2 is 1.45 bits per heavy atom. The number of fused-ring (bicyclic) bond motifs is 2. The highest BCUT2D eigenvalue weighted by Crippen LogP contribution is 2.48. The summed E-state index contributed by atoms with van der Waals surface area (Å²) in [5.74, 6) is 0.289. The summed E-state index contributed by atoms with van der Waals surface area (Å²) < 4.78 is 19.9. The van der Waals surface area contributed by atoms with Gasteiger partial charge in [-0.25, -0.2) is 14.0 Å². The first kappa shape index (κ1) is 27.0. The molecule has 2 unspecified atom stereocenters. The van der Waals surface area contributed by atoms with E-state index in [1.54, 1.807) is 24.3 Å². The molecule has 9 heteroatoms. The Morgan fingerprint density at radius 1 is 0.900 bits per heavy atom. The van der Waals surface area contributed by atoms with Gasteiger partial charge in [0, 0.05) is 5.56 Å². The first-order valence-electron chi connectivity index (χ1n) is 13.1. The fraction of sp³-hybridized carbons (Fsp3) is 0.290. The minimum absolute atomic E-state index is 0.273. The molecule has 5 rings (SSSR count). The monoisotopic (exact) mass is 537 g/mol. The molecular weight excluding hydrogens is 509 g/mol. The van der Waals surface area contributed by atoms with Crippen LogP contribution in [0.5, 0.6) is 0 Å². The highest BCUT2D eigenvalue weighted by molar-refractivity contribution is 5.58. The second-order valence-electron chi connectivity index (χ2n) is 9.99. The fourth-order valence-corrected chi connectivity index (χ4v) is 5.64. The fourth-order valence-electron chi connectivity index (χ4n) is 5.64. The van der Waals surface area contributed by atoms with Gasteiger partial charge in [0.25, 0.3) is 0 Å². The van der Waals surface area contributed by atoms with Crippen molar-refractivity contribution in [1.82, 2.24) is 10.2 Å². The van der Waals surface area contributed by atoms with Crippen LogP contribution in [-0.2, 0) is 27.8 Å². The smallest absolute Gasteiger partial charge is 0.247 e. The summed E-state index contributed by atoms with van der Waals surface area (Å²) in [6.45, 7) is 4.02. The van der Waals surface area contributed by atoms with Crippen LogP contribution in [0.1, 0.15) is 71.6 Å². The Morgan fingerprint density at radius 3 is 1.95 bits per heavy atom. The van der Waals surface area contributed by atoms with E-state index in [1.807, 2.05) is 38.1 Å². The number of carbonyl (C=O) groups excluding carboxylic acids is 2. The summed E-state index contributed by atoms with van der Waals surface area (Å²) in [5.41, 5.74) is 11.8. The highest BCUT2D eigenvalue weighted by atomic mass is 19.1. The number of rotatable bonds is 8. The topological polar surface area (TPSA) is 124 Å². The quantitative estimate of drug-likeness (QED) is 0.235. The molecule has 1 heterocycles. The van der Waals surface area contributed by atoms with Gasteiger partial charge in [0.2, 0.25) is 23.9 Å². The predicted octanol–water partition coefficient (Wildman–Crippen LogP) is 5.45. The summed E-state index contributed by atoms with van der Waals surface area (Å²) in [5, 5.41) is 8.88. The minimum atomic E-state index is -0.882. The number of nitrogens with two attached hydrogens (primary N) is 1. The van der Waals surface area contributed by atoms with Crippen molar-refractivity contribution in [1.29, 1.82) is 0 Å². The number of hydrogen-bond acceptors (Lipinski definition) is 8. The second-order valence-corrected chi connectivity index (χ2v) is 9.99. The maximum Gasteiger partial charge on any atom is 0.247 e. The molecule has 0 amide bonds. The van der Waals surface area contributed by atoms with Crippen LogP contribution in [0.15, 0.2) is 75.1 Å². The summed E-state index contributed by atoms with van der Waals surface area (Å²) in [4.78, 5) is 29.7.